The molecule has 0 aliphatic carbocycles. The largest absolute Gasteiger partial charge is 0.211 e. The molecule has 0 amide bonds. The monoisotopic (exact) mass is 342 g/mol. The SMILES string of the molecule is CCC[CH2][AlH2].I.I. The van der Waals surface area contributed by atoms with Crippen LogP contribution in [0.4, 0.5) is 0 Å². The van der Waals surface area contributed by atoms with E-state index in [0.717, 1.165) is 0 Å². The summed E-state index contributed by atoms with van der Waals surface area (Å²) in [6.45, 7) is 2.23. The van der Waals surface area contributed by atoms with Crippen LogP contribution in [0.15, 0.2) is 0 Å². The molecule has 0 spiro atoms. The van der Waals surface area contributed by atoms with E-state index < -0.39 is 0 Å². The van der Waals surface area contributed by atoms with Crippen LogP contribution < -0.4 is 0 Å². The standard InChI is InChI=1S/C4H9.Al.2HI.2H/c1-3-4-2;;;;;/h1,3-4H2,2H3;;2*1H;;. The predicted octanol–water partition coefficient (Wildman–Crippen LogP) is 2.07. The van der Waals surface area contributed by atoms with Crippen molar-refractivity contribution in [2.24, 2.45) is 0 Å². The van der Waals surface area contributed by atoms with Crippen molar-refractivity contribution in [1.29, 1.82) is 0 Å². The second-order valence-electron chi connectivity index (χ2n) is 1.35. The summed E-state index contributed by atoms with van der Waals surface area (Å²) in [4.78, 5) is 0. The number of rotatable bonds is 2. The van der Waals surface area contributed by atoms with E-state index in [4.69, 9.17) is 0 Å². The quantitative estimate of drug-likeness (QED) is 0.533. The highest BCUT2D eigenvalue weighted by Crippen LogP contribution is 1.86. The molecule has 0 N–H and O–H groups in total. The van der Waals surface area contributed by atoms with Crippen LogP contribution in [0.5, 0.6) is 0 Å². The summed E-state index contributed by atoms with van der Waals surface area (Å²) in [6.07, 6.45) is 2.83. The summed E-state index contributed by atoms with van der Waals surface area (Å²) in [5, 5.41) is 1.48. The van der Waals surface area contributed by atoms with E-state index in [1.54, 1.807) is 0 Å². The molecule has 0 saturated heterocycles. The van der Waals surface area contributed by atoms with Gasteiger partial charge in [0.25, 0.3) is 0 Å². The molecule has 0 unspecified atom stereocenters. The smallest absolute Gasteiger partial charge is 0.107 e. The first-order valence-corrected chi connectivity index (χ1v) is 3.83. The molecule has 0 heterocycles. The fourth-order valence-electron chi connectivity index (χ4n) is 0.354. The third-order valence-corrected chi connectivity index (χ3v) is 1.41. The molecule has 0 aliphatic rings. The first-order valence-electron chi connectivity index (χ1n) is 2.41. The lowest BCUT2D eigenvalue weighted by atomic mass is 10.4. The Balaban J connectivity index is -0.0000000800. The third kappa shape index (κ3) is 18.0. The molecule has 0 aromatic carbocycles. The molecule has 7 heavy (non-hydrogen) atoms. The topological polar surface area (TPSA) is 0 Å². The summed E-state index contributed by atoms with van der Waals surface area (Å²) in [6, 6.07) is 0. The van der Waals surface area contributed by atoms with E-state index in [1.165, 1.54) is 34.4 Å². The Hall–Kier alpha value is 1.99. The highest BCUT2D eigenvalue weighted by Gasteiger charge is 1.69. The van der Waals surface area contributed by atoms with Crippen LogP contribution in [0.2, 0.25) is 5.28 Å². The van der Waals surface area contributed by atoms with Gasteiger partial charge in [-0.05, 0) is 0 Å². The lowest BCUT2D eigenvalue weighted by Gasteiger charge is -1.78. The summed E-state index contributed by atoms with van der Waals surface area (Å²) in [5.74, 6) is 0. The van der Waals surface area contributed by atoms with Crippen LogP contribution in [-0.2, 0) is 0 Å². The van der Waals surface area contributed by atoms with Crippen molar-refractivity contribution in [3.63, 3.8) is 0 Å². The Bertz CT molecular complexity index is 17.2. The molecule has 0 fully saturated rings. The van der Waals surface area contributed by atoms with E-state index >= 15 is 0 Å². The summed E-state index contributed by atoms with van der Waals surface area (Å²) in [7, 11) is 0. The second kappa shape index (κ2) is 15.7. The van der Waals surface area contributed by atoms with Crippen LogP contribution in [0, 0.1) is 0 Å². The first-order chi connectivity index (χ1) is 2.41. The van der Waals surface area contributed by atoms with E-state index in [-0.39, 0.29) is 48.0 Å². The van der Waals surface area contributed by atoms with Gasteiger partial charge in [0.05, 0.1) is 0 Å². The molecule has 0 saturated carbocycles. The lowest BCUT2D eigenvalue weighted by Crippen LogP contribution is -1.63. The maximum Gasteiger partial charge on any atom is 0.211 e. The Morgan fingerprint density at radius 1 is 1.29 bits per heavy atom. The van der Waals surface area contributed by atoms with E-state index in [0.29, 0.717) is 0 Å². The molecule has 3 heteroatoms. The molecule has 0 aliphatic heterocycles. The molecule has 0 aromatic heterocycles. The van der Waals surface area contributed by atoms with Gasteiger partial charge in [0.15, 0.2) is 0 Å². The van der Waals surface area contributed by atoms with Gasteiger partial charge in [-0.15, -0.1) is 53.2 Å². The summed E-state index contributed by atoms with van der Waals surface area (Å²) >= 11 is 1.40. The minimum absolute atomic E-state index is 0. The normalized spacial score (nSPS) is 5.86. The van der Waals surface area contributed by atoms with Gasteiger partial charge in [0, 0.05) is 0 Å². The maximum absolute atomic E-state index is 2.23. The molecule has 0 rings (SSSR count). The summed E-state index contributed by atoms with van der Waals surface area (Å²) in [5.41, 5.74) is 0. The molecule has 0 radical (unpaired) electrons. The Morgan fingerprint density at radius 2 is 1.71 bits per heavy atom. The predicted molar refractivity (Wildman–Crippen MR) is 59.1 cm³/mol. The van der Waals surface area contributed by atoms with Crippen molar-refractivity contribution in [2.45, 2.75) is 25.0 Å². The average molecular weight is 342 g/mol. The van der Waals surface area contributed by atoms with Crippen molar-refractivity contribution in [3.8, 4) is 0 Å². The van der Waals surface area contributed by atoms with Gasteiger partial charge in [-0.1, -0.05) is 19.8 Å². The van der Waals surface area contributed by atoms with Crippen LogP contribution in [0.3, 0.4) is 0 Å². The van der Waals surface area contributed by atoms with Gasteiger partial charge in [-0.25, -0.2) is 0 Å². The number of hydrogen-bond donors (Lipinski definition) is 0. The molecule has 46 valence electrons. The van der Waals surface area contributed by atoms with Crippen molar-refractivity contribution >= 4 is 64.2 Å². The molecule has 0 atom stereocenters. The van der Waals surface area contributed by atoms with Gasteiger partial charge in [-0.3, -0.25) is 0 Å². The Labute approximate surface area is 88.3 Å². The fraction of sp³-hybridized carbons (Fsp3) is 1.00. The van der Waals surface area contributed by atoms with Crippen molar-refractivity contribution in [3.05, 3.63) is 0 Å². The fourth-order valence-corrected chi connectivity index (χ4v) is 1.06. The van der Waals surface area contributed by atoms with Gasteiger partial charge >= 0.3 is 0 Å². The zero-order valence-electron chi connectivity index (χ0n) is 4.94. The van der Waals surface area contributed by atoms with Crippen LogP contribution >= 0.6 is 48.0 Å². The van der Waals surface area contributed by atoms with Crippen LogP contribution in [-0.4, -0.2) is 16.3 Å². The maximum atomic E-state index is 2.23. The number of hydrogen-bond acceptors (Lipinski definition) is 0. The highest BCUT2D eigenvalue weighted by atomic mass is 127. The average Bonchev–Trinajstić information content (AvgIpc) is 1.41. The number of unbranched alkanes of at least 4 members (excludes halogenated alkanes) is 1. The van der Waals surface area contributed by atoms with Crippen molar-refractivity contribution in [2.75, 3.05) is 0 Å². The van der Waals surface area contributed by atoms with E-state index in [1.807, 2.05) is 0 Å². The Morgan fingerprint density at radius 3 is 1.71 bits per heavy atom. The molecule has 0 nitrogen and oxygen atoms in total. The minimum Gasteiger partial charge on any atom is -0.107 e. The van der Waals surface area contributed by atoms with Gasteiger partial charge in [-0.2, -0.15) is 0 Å². The van der Waals surface area contributed by atoms with Crippen LogP contribution in [0.25, 0.3) is 0 Å². The molecular weight excluding hydrogens is 329 g/mol. The van der Waals surface area contributed by atoms with Gasteiger partial charge in [0.2, 0.25) is 16.3 Å². The lowest BCUT2D eigenvalue weighted by molar-refractivity contribution is 0.884. The Kier molecular flexibility index (Phi) is 35.8. The zero-order valence-corrected chi connectivity index (χ0v) is 11.6. The third-order valence-electron chi connectivity index (χ3n) is 0.707. The highest BCUT2D eigenvalue weighted by molar-refractivity contribution is 14.0. The molecule has 0 bridgehead atoms. The van der Waals surface area contributed by atoms with Crippen LogP contribution in [0.1, 0.15) is 19.8 Å². The van der Waals surface area contributed by atoms with Crippen molar-refractivity contribution in [1.82, 2.24) is 0 Å². The molecule has 0 aromatic rings. The van der Waals surface area contributed by atoms with Gasteiger partial charge in [0.1, 0.15) is 0 Å². The summed E-state index contributed by atoms with van der Waals surface area (Å²) < 4.78 is 0. The number of halogens is 2. The zero-order chi connectivity index (χ0) is 4.12. The molecular formula is C4H13AlI2. The minimum atomic E-state index is 0. The van der Waals surface area contributed by atoms with Gasteiger partial charge < -0.3 is 0 Å². The second-order valence-corrected chi connectivity index (χ2v) is 2.35. The van der Waals surface area contributed by atoms with E-state index in [9.17, 15) is 0 Å². The van der Waals surface area contributed by atoms with E-state index in [2.05, 4.69) is 6.92 Å². The first kappa shape index (κ1) is 16.0. The van der Waals surface area contributed by atoms with Crippen molar-refractivity contribution < 1.29 is 0 Å².